The zero-order valence-corrected chi connectivity index (χ0v) is 18.0. The highest BCUT2D eigenvalue weighted by Gasteiger charge is 2.36. The van der Waals surface area contributed by atoms with Gasteiger partial charge < -0.3 is 25.2 Å². The van der Waals surface area contributed by atoms with Crippen molar-refractivity contribution in [3.8, 4) is 5.75 Å². The molecule has 1 unspecified atom stereocenters. The Labute approximate surface area is 175 Å². The Kier molecular flexibility index (Phi) is 7.78. The normalized spacial score (nSPS) is 24.3. The van der Waals surface area contributed by atoms with E-state index in [4.69, 9.17) is 9.47 Å². The molecule has 1 saturated carbocycles. The summed E-state index contributed by atoms with van der Waals surface area (Å²) in [6.07, 6.45) is 7.94. The Balaban J connectivity index is 1.64. The van der Waals surface area contributed by atoms with E-state index in [1.165, 1.54) is 37.7 Å². The topological polar surface area (TPSA) is 75.1 Å². The first-order valence-electron chi connectivity index (χ1n) is 10.9. The van der Waals surface area contributed by atoms with E-state index in [0.29, 0.717) is 6.61 Å². The lowest BCUT2D eigenvalue weighted by Gasteiger charge is -2.39. The van der Waals surface area contributed by atoms with Crippen LogP contribution in [0.1, 0.15) is 50.5 Å². The van der Waals surface area contributed by atoms with Gasteiger partial charge in [-0.3, -0.25) is 4.99 Å². The third-order valence-electron chi connectivity index (χ3n) is 6.79. The molecule has 162 valence electrons. The van der Waals surface area contributed by atoms with Crippen LogP contribution in [0.3, 0.4) is 0 Å². The van der Waals surface area contributed by atoms with Crippen molar-refractivity contribution in [2.24, 2.45) is 10.4 Å². The van der Waals surface area contributed by atoms with Crippen LogP contribution in [0.15, 0.2) is 29.3 Å². The van der Waals surface area contributed by atoms with Crippen molar-refractivity contribution < 1.29 is 14.6 Å². The number of ether oxygens (including phenoxy) is 2. The first kappa shape index (κ1) is 21.9. The highest BCUT2D eigenvalue weighted by atomic mass is 16.5. The Morgan fingerprint density at radius 3 is 2.41 bits per heavy atom. The van der Waals surface area contributed by atoms with Gasteiger partial charge in [0, 0.05) is 44.2 Å². The summed E-state index contributed by atoms with van der Waals surface area (Å²) in [4.78, 5) is 4.45. The monoisotopic (exact) mass is 403 g/mol. The van der Waals surface area contributed by atoms with Crippen LogP contribution in [0, 0.1) is 5.41 Å². The fourth-order valence-corrected chi connectivity index (χ4v) is 4.80. The van der Waals surface area contributed by atoms with Crippen molar-refractivity contribution >= 4 is 5.96 Å². The average Bonchev–Trinajstić information content (AvgIpc) is 3.23. The molecule has 3 rings (SSSR count). The van der Waals surface area contributed by atoms with Gasteiger partial charge in [0.1, 0.15) is 5.75 Å². The Morgan fingerprint density at radius 1 is 1.10 bits per heavy atom. The smallest absolute Gasteiger partial charge is 0.191 e. The van der Waals surface area contributed by atoms with Gasteiger partial charge in [0.25, 0.3) is 0 Å². The molecule has 6 nitrogen and oxygen atoms in total. The second-order valence-corrected chi connectivity index (χ2v) is 8.63. The molecule has 1 aromatic rings. The van der Waals surface area contributed by atoms with Gasteiger partial charge in [-0.25, -0.2) is 0 Å². The van der Waals surface area contributed by atoms with E-state index in [9.17, 15) is 5.11 Å². The SMILES string of the molecule is CN=C(NCC1(CCO)CCOC1)NCC1(c2ccc(OC)cc2)CCCCC1. The number of guanidine groups is 1. The summed E-state index contributed by atoms with van der Waals surface area (Å²) in [6, 6.07) is 8.57. The zero-order valence-electron chi connectivity index (χ0n) is 18.0. The number of hydrogen-bond acceptors (Lipinski definition) is 4. The van der Waals surface area contributed by atoms with E-state index in [1.54, 1.807) is 7.11 Å². The van der Waals surface area contributed by atoms with Gasteiger partial charge >= 0.3 is 0 Å². The minimum atomic E-state index is 0.00484. The van der Waals surface area contributed by atoms with Gasteiger partial charge in [0.05, 0.1) is 13.7 Å². The minimum absolute atomic E-state index is 0.00484. The summed E-state index contributed by atoms with van der Waals surface area (Å²) in [5, 5.41) is 16.5. The number of benzene rings is 1. The van der Waals surface area contributed by atoms with Gasteiger partial charge in [-0.2, -0.15) is 0 Å². The van der Waals surface area contributed by atoms with Crippen LogP contribution in [0.5, 0.6) is 5.75 Å². The molecule has 1 saturated heterocycles. The van der Waals surface area contributed by atoms with Crippen LogP contribution >= 0.6 is 0 Å². The van der Waals surface area contributed by atoms with Crippen molar-refractivity contribution in [2.75, 3.05) is 47.1 Å². The summed E-state index contributed by atoms with van der Waals surface area (Å²) in [7, 11) is 3.53. The molecule has 6 heteroatoms. The molecule has 0 aromatic heterocycles. The van der Waals surface area contributed by atoms with Gasteiger partial charge in [-0.1, -0.05) is 31.4 Å². The van der Waals surface area contributed by atoms with Gasteiger partial charge in [0.15, 0.2) is 5.96 Å². The average molecular weight is 404 g/mol. The lowest BCUT2D eigenvalue weighted by molar-refractivity contribution is 0.127. The minimum Gasteiger partial charge on any atom is -0.497 e. The standard InChI is InChI=1S/C23H37N3O3/c1-24-21(25-16-22(12-14-27)13-15-29-18-22)26-17-23(10-4-3-5-11-23)19-6-8-20(28-2)9-7-19/h6-9,27H,3-5,10-18H2,1-2H3,(H2,24,25,26). The van der Waals surface area contributed by atoms with E-state index >= 15 is 0 Å². The first-order chi connectivity index (χ1) is 14.2. The molecule has 1 atom stereocenters. The van der Waals surface area contributed by atoms with Crippen LogP contribution in [0.25, 0.3) is 0 Å². The molecule has 1 aliphatic heterocycles. The number of aliphatic hydroxyl groups is 1. The van der Waals surface area contributed by atoms with Crippen LogP contribution in [-0.4, -0.2) is 58.1 Å². The predicted octanol–water partition coefficient (Wildman–Crippen LogP) is 2.85. The van der Waals surface area contributed by atoms with Gasteiger partial charge in [0.2, 0.25) is 0 Å². The molecule has 1 aromatic carbocycles. The maximum absolute atomic E-state index is 9.45. The summed E-state index contributed by atoms with van der Waals surface area (Å²) < 4.78 is 10.9. The van der Waals surface area contributed by atoms with E-state index in [0.717, 1.165) is 44.2 Å². The number of aliphatic hydroxyl groups excluding tert-OH is 1. The molecule has 0 amide bonds. The first-order valence-corrected chi connectivity index (χ1v) is 10.9. The van der Waals surface area contributed by atoms with Crippen molar-refractivity contribution in [3.05, 3.63) is 29.8 Å². The molecule has 29 heavy (non-hydrogen) atoms. The molecule has 2 fully saturated rings. The molecule has 0 spiro atoms. The highest BCUT2D eigenvalue weighted by Crippen LogP contribution is 2.39. The second kappa shape index (κ2) is 10.3. The molecule has 1 heterocycles. The second-order valence-electron chi connectivity index (χ2n) is 8.63. The number of rotatable bonds is 8. The van der Waals surface area contributed by atoms with Crippen LogP contribution < -0.4 is 15.4 Å². The van der Waals surface area contributed by atoms with Gasteiger partial charge in [-0.15, -0.1) is 0 Å². The molecule has 2 aliphatic rings. The number of nitrogens with zero attached hydrogens (tertiary/aromatic N) is 1. The number of aliphatic imine (C=N–C) groups is 1. The van der Waals surface area contributed by atoms with E-state index in [1.807, 2.05) is 7.05 Å². The van der Waals surface area contributed by atoms with E-state index < -0.39 is 0 Å². The van der Waals surface area contributed by atoms with Crippen LogP contribution in [-0.2, 0) is 10.2 Å². The number of methoxy groups -OCH3 is 1. The molecule has 0 bridgehead atoms. The molecular formula is C23H37N3O3. The summed E-state index contributed by atoms with van der Waals surface area (Å²) in [5.41, 5.74) is 1.51. The summed E-state index contributed by atoms with van der Waals surface area (Å²) >= 11 is 0. The largest absolute Gasteiger partial charge is 0.497 e. The quantitative estimate of drug-likeness (QED) is 0.460. The van der Waals surface area contributed by atoms with Crippen LogP contribution in [0.4, 0.5) is 0 Å². The molecule has 0 radical (unpaired) electrons. The zero-order chi connectivity index (χ0) is 20.6. The van der Waals surface area contributed by atoms with Crippen molar-refractivity contribution in [2.45, 2.75) is 50.4 Å². The number of nitrogens with one attached hydrogen (secondary N) is 2. The fraction of sp³-hybridized carbons (Fsp3) is 0.696. The highest BCUT2D eigenvalue weighted by molar-refractivity contribution is 5.79. The fourth-order valence-electron chi connectivity index (χ4n) is 4.80. The maximum atomic E-state index is 9.45. The Bertz CT molecular complexity index is 648. The molecular weight excluding hydrogens is 366 g/mol. The predicted molar refractivity (Wildman–Crippen MR) is 117 cm³/mol. The van der Waals surface area contributed by atoms with Crippen molar-refractivity contribution in [1.29, 1.82) is 0 Å². The lowest BCUT2D eigenvalue weighted by atomic mass is 9.69. The third-order valence-corrected chi connectivity index (χ3v) is 6.79. The molecule has 3 N–H and O–H groups in total. The lowest BCUT2D eigenvalue weighted by Crippen LogP contribution is -2.49. The Hall–Kier alpha value is -1.79. The summed E-state index contributed by atoms with van der Waals surface area (Å²) in [6.45, 7) is 3.30. The summed E-state index contributed by atoms with van der Waals surface area (Å²) in [5.74, 6) is 1.73. The number of hydrogen-bond donors (Lipinski definition) is 3. The molecule has 1 aliphatic carbocycles. The van der Waals surface area contributed by atoms with E-state index in [2.05, 4.69) is 39.9 Å². The van der Waals surface area contributed by atoms with Crippen molar-refractivity contribution in [1.82, 2.24) is 10.6 Å². The Morgan fingerprint density at radius 2 is 1.83 bits per heavy atom. The van der Waals surface area contributed by atoms with E-state index in [-0.39, 0.29) is 17.4 Å². The van der Waals surface area contributed by atoms with Crippen LogP contribution in [0.2, 0.25) is 0 Å². The third kappa shape index (κ3) is 5.43. The van der Waals surface area contributed by atoms with Crippen molar-refractivity contribution in [3.63, 3.8) is 0 Å². The maximum Gasteiger partial charge on any atom is 0.191 e. The van der Waals surface area contributed by atoms with Gasteiger partial charge in [-0.05, 0) is 43.4 Å².